The molecule has 0 aliphatic carbocycles. The first-order valence-electron chi connectivity index (χ1n) is 8.93. The van der Waals surface area contributed by atoms with Gasteiger partial charge in [0.15, 0.2) is 5.17 Å². The lowest BCUT2D eigenvalue weighted by Gasteiger charge is -2.21. The summed E-state index contributed by atoms with van der Waals surface area (Å²) in [5.74, 6) is 0.144. The van der Waals surface area contributed by atoms with Crippen molar-refractivity contribution >= 4 is 40.7 Å². The molecule has 1 aromatic carbocycles. The average molecular weight is 407 g/mol. The number of benzene rings is 1. The number of allylic oxidation sites excluding steroid dienone is 1. The van der Waals surface area contributed by atoms with E-state index in [1.54, 1.807) is 48.4 Å². The molecule has 1 aromatic heterocycles. The van der Waals surface area contributed by atoms with Crippen LogP contribution in [0.15, 0.2) is 62.5 Å². The van der Waals surface area contributed by atoms with E-state index in [0.717, 1.165) is 4.91 Å². The minimum atomic E-state index is -0.473. The molecule has 2 aliphatic heterocycles. The van der Waals surface area contributed by atoms with E-state index in [1.807, 2.05) is 13.0 Å². The Hall–Kier alpha value is -3.39. The molecule has 8 heteroatoms. The molecule has 0 saturated heterocycles. The fraction of sp³-hybridized carbons (Fsp3) is 0.143. The Morgan fingerprint density at radius 3 is 2.97 bits per heavy atom. The SMILES string of the molecule is CCOC(=O)c1cccc(-c2ccc(C=C3C(=N)N4C=C(C)SC4=NC3=O)o2)c1. The van der Waals surface area contributed by atoms with Gasteiger partial charge in [0.2, 0.25) is 0 Å². The molecule has 1 amide bonds. The number of thioether (sulfide) groups is 1. The maximum absolute atomic E-state index is 12.4. The number of aliphatic imine (C=N–C) groups is 1. The molecule has 7 nitrogen and oxygen atoms in total. The van der Waals surface area contributed by atoms with Crippen molar-refractivity contribution in [2.75, 3.05) is 6.61 Å². The van der Waals surface area contributed by atoms with E-state index in [-0.39, 0.29) is 11.4 Å². The molecule has 0 bridgehead atoms. The van der Waals surface area contributed by atoms with Crippen molar-refractivity contribution in [3.05, 3.63) is 64.4 Å². The summed E-state index contributed by atoms with van der Waals surface area (Å²) in [5, 5.41) is 8.83. The topological polar surface area (TPSA) is 96.0 Å². The highest BCUT2D eigenvalue weighted by molar-refractivity contribution is 8.17. The molecule has 0 atom stereocenters. The van der Waals surface area contributed by atoms with Crippen molar-refractivity contribution in [3.8, 4) is 11.3 Å². The second kappa shape index (κ2) is 7.56. The van der Waals surface area contributed by atoms with Gasteiger partial charge in [0.25, 0.3) is 5.91 Å². The molecule has 2 aromatic rings. The van der Waals surface area contributed by atoms with Crippen LogP contribution in [-0.4, -0.2) is 34.4 Å². The van der Waals surface area contributed by atoms with Gasteiger partial charge in [-0.1, -0.05) is 23.9 Å². The number of nitrogens with one attached hydrogen (secondary N) is 1. The highest BCUT2D eigenvalue weighted by Gasteiger charge is 2.33. The lowest BCUT2D eigenvalue weighted by atomic mass is 10.1. The number of amides is 1. The number of esters is 1. The molecule has 2 aliphatic rings. The predicted octanol–water partition coefficient (Wildman–Crippen LogP) is 4.29. The lowest BCUT2D eigenvalue weighted by molar-refractivity contribution is -0.114. The number of amidine groups is 2. The van der Waals surface area contributed by atoms with Gasteiger partial charge in [0, 0.05) is 16.7 Å². The van der Waals surface area contributed by atoms with Gasteiger partial charge in [-0.2, -0.15) is 4.99 Å². The van der Waals surface area contributed by atoms with E-state index in [4.69, 9.17) is 14.6 Å². The number of rotatable bonds is 4. The first-order valence-corrected chi connectivity index (χ1v) is 9.74. The average Bonchev–Trinajstić information content (AvgIpc) is 3.32. The van der Waals surface area contributed by atoms with Crippen molar-refractivity contribution in [2.45, 2.75) is 13.8 Å². The number of ether oxygens (including phenoxy) is 1. The summed E-state index contributed by atoms with van der Waals surface area (Å²) in [6, 6.07) is 10.4. The molecule has 146 valence electrons. The van der Waals surface area contributed by atoms with Crippen LogP contribution in [0.4, 0.5) is 0 Å². The van der Waals surface area contributed by atoms with Gasteiger partial charge in [0.1, 0.15) is 17.4 Å². The number of furan rings is 1. The normalized spacial score (nSPS) is 17.3. The molecule has 0 unspecified atom stereocenters. The quantitative estimate of drug-likeness (QED) is 0.600. The molecule has 29 heavy (non-hydrogen) atoms. The van der Waals surface area contributed by atoms with Crippen LogP contribution < -0.4 is 0 Å². The number of carbonyl (C=O) groups excluding carboxylic acids is 2. The van der Waals surface area contributed by atoms with Crippen LogP contribution in [0.25, 0.3) is 17.4 Å². The highest BCUT2D eigenvalue weighted by atomic mass is 32.2. The molecule has 1 N–H and O–H groups in total. The molecular weight excluding hydrogens is 390 g/mol. The van der Waals surface area contributed by atoms with E-state index >= 15 is 0 Å². The molecule has 3 heterocycles. The van der Waals surface area contributed by atoms with Crippen LogP contribution in [0, 0.1) is 5.41 Å². The third-order valence-electron chi connectivity index (χ3n) is 4.26. The van der Waals surface area contributed by atoms with E-state index < -0.39 is 11.9 Å². The Bertz CT molecular complexity index is 1130. The van der Waals surface area contributed by atoms with Gasteiger partial charge in [0.05, 0.1) is 17.7 Å². The summed E-state index contributed by atoms with van der Waals surface area (Å²) in [7, 11) is 0. The third-order valence-corrected chi connectivity index (χ3v) is 5.16. The third kappa shape index (κ3) is 3.66. The molecular formula is C21H17N3O4S. The van der Waals surface area contributed by atoms with Crippen LogP contribution in [0.1, 0.15) is 30.0 Å². The zero-order chi connectivity index (χ0) is 20.5. The summed E-state index contributed by atoms with van der Waals surface area (Å²) in [4.78, 5) is 30.9. The summed E-state index contributed by atoms with van der Waals surface area (Å²) >= 11 is 1.36. The minimum absolute atomic E-state index is 0.0617. The van der Waals surface area contributed by atoms with Crippen molar-refractivity contribution in [1.29, 1.82) is 5.41 Å². The van der Waals surface area contributed by atoms with E-state index in [1.165, 1.54) is 17.8 Å². The zero-order valence-electron chi connectivity index (χ0n) is 15.8. The van der Waals surface area contributed by atoms with Crippen molar-refractivity contribution in [2.24, 2.45) is 4.99 Å². The summed E-state index contributed by atoms with van der Waals surface area (Å²) in [5.41, 5.74) is 1.29. The monoisotopic (exact) mass is 407 g/mol. The molecule has 0 spiro atoms. The second-order valence-corrected chi connectivity index (χ2v) is 7.53. The Morgan fingerprint density at radius 2 is 2.17 bits per heavy atom. The molecule has 0 radical (unpaired) electrons. The van der Waals surface area contributed by atoms with Crippen LogP contribution >= 0.6 is 11.8 Å². The predicted molar refractivity (Wildman–Crippen MR) is 111 cm³/mol. The largest absolute Gasteiger partial charge is 0.462 e. The van der Waals surface area contributed by atoms with E-state index in [0.29, 0.717) is 34.4 Å². The Balaban J connectivity index is 1.62. The number of fused-ring (bicyclic) bond motifs is 1. The zero-order valence-corrected chi connectivity index (χ0v) is 16.6. The summed E-state index contributed by atoms with van der Waals surface area (Å²) in [6.07, 6.45) is 3.29. The van der Waals surface area contributed by atoms with Gasteiger partial charge in [-0.15, -0.1) is 0 Å². The molecule has 0 fully saturated rings. The van der Waals surface area contributed by atoms with Gasteiger partial charge in [-0.25, -0.2) is 4.79 Å². The van der Waals surface area contributed by atoms with Crippen LogP contribution in [0.3, 0.4) is 0 Å². The summed E-state index contributed by atoms with van der Waals surface area (Å²) < 4.78 is 10.9. The summed E-state index contributed by atoms with van der Waals surface area (Å²) in [6.45, 7) is 3.95. The Labute approximate surface area is 171 Å². The van der Waals surface area contributed by atoms with Gasteiger partial charge in [-0.3, -0.25) is 15.1 Å². The van der Waals surface area contributed by atoms with Crippen molar-refractivity contribution < 1.29 is 18.7 Å². The van der Waals surface area contributed by atoms with Crippen molar-refractivity contribution in [1.82, 2.24) is 4.90 Å². The van der Waals surface area contributed by atoms with Gasteiger partial charge < -0.3 is 9.15 Å². The van der Waals surface area contributed by atoms with Crippen molar-refractivity contribution in [3.63, 3.8) is 0 Å². The number of nitrogens with zero attached hydrogens (tertiary/aromatic N) is 2. The number of hydrogen-bond donors (Lipinski definition) is 1. The van der Waals surface area contributed by atoms with E-state index in [9.17, 15) is 9.59 Å². The first-order chi connectivity index (χ1) is 14.0. The Morgan fingerprint density at radius 1 is 1.34 bits per heavy atom. The van der Waals surface area contributed by atoms with Gasteiger partial charge >= 0.3 is 5.97 Å². The Kier molecular flexibility index (Phi) is 4.94. The molecule has 4 rings (SSSR count). The second-order valence-electron chi connectivity index (χ2n) is 6.32. The van der Waals surface area contributed by atoms with Gasteiger partial charge in [-0.05, 0) is 44.2 Å². The highest BCUT2D eigenvalue weighted by Crippen LogP contribution is 2.33. The molecule has 0 saturated carbocycles. The van der Waals surface area contributed by atoms with Crippen LogP contribution in [0.5, 0.6) is 0 Å². The lowest BCUT2D eigenvalue weighted by Crippen LogP contribution is -2.35. The fourth-order valence-electron chi connectivity index (χ4n) is 2.94. The maximum Gasteiger partial charge on any atom is 0.338 e. The maximum atomic E-state index is 12.4. The van der Waals surface area contributed by atoms with E-state index in [2.05, 4.69) is 4.99 Å². The van der Waals surface area contributed by atoms with Crippen LogP contribution in [0.2, 0.25) is 0 Å². The number of carbonyl (C=O) groups is 2. The van der Waals surface area contributed by atoms with Crippen LogP contribution in [-0.2, 0) is 9.53 Å². The standard InChI is InChI=1S/C21H17N3O4S/c1-3-27-20(26)14-6-4-5-13(9-14)17-8-7-15(28-17)10-16-18(22)24-11-12(2)29-21(24)23-19(16)25/h4-11,22H,3H2,1-2H3. The fourth-order valence-corrected chi connectivity index (χ4v) is 3.76. The smallest absolute Gasteiger partial charge is 0.338 e. The number of hydrogen-bond acceptors (Lipinski definition) is 6. The first kappa shape index (κ1) is 18.9. The minimum Gasteiger partial charge on any atom is -0.462 e.